The second-order valence-corrected chi connectivity index (χ2v) is 9.31. The van der Waals surface area contributed by atoms with Crippen molar-refractivity contribution in [2.75, 3.05) is 13.2 Å². The van der Waals surface area contributed by atoms with Crippen LogP contribution in [0.25, 0.3) is 6.08 Å². The Morgan fingerprint density at radius 3 is 2.50 bits per heavy atom. The fraction of sp³-hybridized carbons (Fsp3) is 0.292. The van der Waals surface area contributed by atoms with Crippen LogP contribution < -0.4 is 9.47 Å². The van der Waals surface area contributed by atoms with Gasteiger partial charge < -0.3 is 14.2 Å². The Morgan fingerprint density at radius 2 is 1.85 bits per heavy atom. The highest BCUT2D eigenvalue weighted by atomic mass is 127. The summed E-state index contributed by atoms with van der Waals surface area (Å²) < 4.78 is 30.5. The highest BCUT2D eigenvalue weighted by Crippen LogP contribution is 2.38. The molecule has 2 aromatic carbocycles. The van der Waals surface area contributed by atoms with E-state index in [9.17, 15) is 18.8 Å². The maximum atomic E-state index is 13.1. The molecule has 1 fully saturated rings. The second-order valence-electron chi connectivity index (χ2n) is 7.16. The number of hydrogen-bond donors (Lipinski definition) is 0. The van der Waals surface area contributed by atoms with E-state index in [1.807, 2.05) is 6.92 Å². The Morgan fingerprint density at radius 1 is 1.15 bits per heavy atom. The fourth-order valence-corrected chi connectivity index (χ4v) is 4.83. The first-order valence-corrected chi connectivity index (χ1v) is 12.4. The number of carbonyl (C=O) groups is 3. The Labute approximate surface area is 214 Å². The first kappa shape index (κ1) is 26.0. The fourth-order valence-electron chi connectivity index (χ4n) is 3.14. The standard InChI is InChI=1S/C24H23FINO6S/c1-4-31-19-11-16(10-18(26)21(19)33-13-15-6-8-17(25)9-7-15)12-20-22(28)27(24(30)34-20)14(3)23(29)32-5-2/h6-12,14H,4-5,13H2,1-3H3/b20-12+/t14-/m0/s1. The molecule has 1 heterocycles. The third kappa shape index (κ3) is 6.09. The van der Waals surface area contributed by atoms with E-state index >= 15 is 0 Å². The van der Waals surface area contributed by atoms with Gasteiger partial charge in [-0.2, -0.15) is 0 Å². The van der Waals surface area contributed by atoms with Gasteiger partial charge in [-0.1, -0.05) is 12.1 Å². The van der Waals surface area contributed by atoms with Crippen LogP contribution in [0.5, 0.6) is 11.5 Å². The molecule has 0 bridgehead atoms. The summed E-state index contributed by atoms with van der Waals surface area (Å²) in [4.78, 5) is 38.4. The Bertz CT molecular complexity index is 1120. The number of ether oxygens (including phenoxy) is 3. The molecular weight excluding hydrogens is 576 g/mol. The van der Waals surface area contributed by atoms with Crippen molar-refractivity contribution in [3.8, 4) is 11.5 Å². The van der Waals surface area contributed by atoms with Gasteiger partial charge in [-0.3, -0.25) is 14.5 Å². The Balaban J connectivity index is 1.84. The molecule has 0 N–H and O–H groups in total. The van der Waals surface area contributed by atoms with E-state index in [-0.39, 0.29) is 23.9 Å². The van der Waals surface area contributed by atoms with Crippen LogP contribution in [0.2, 0.25) is 0 Å². The van der Waals surface area contributed by atoms with Gasteiger partial charge in [0.05, 0.1) is 21.7 Å². The van der Waals surface area contributed by atoms with Gasteiger partial charge in [-0.15, -0.1) is 0 Å². The summed E-state index contributed by atoms with van der Waals surface area (Å²) in [6.07, 6.45) is 1.58. The highest BCUT2D eigenvalue weighted by molar-refractivity contribution is 14.1. The van der Waals surface area contributed by atoms with Gasteiger partial charge in [-0.05, 0) is 96.6 Å². The molecule has 0 radical (unpaired) electrons. The smallest absolute Gasteiger partial charge is 0.329 e. The van der Waals surface area contributed by atoms with E-state index in [4.69, 9.17) is 14.2 Å². The molecule has 0 aliphatic carbocycles. The number of hydrogen-bond acceptors (Lipinski definition) is 7. The molecule has 7 nitrogen and oxygen atoms in total. The topological polar surface area (TPSA) is 82.1 Å². The van der Waals surface area contributed by atoms with Crippen LogP contribution in [0.4, 0.5) is 9.18 Å². The largest absolute Gasteiger partial charge is 0.490 e. The van der Waals surface area contributed by atoms with Crippen molar-refractivity contribution in [1.29, 1.82) is 0 Å². The van der Waals surface area contributed by atoms with Crippen LogP contribution in [0.1, 0.15) is 31.9 Å². The van der Waals surface area contributed by atoms with Crippen LogP contribution in [-0.2, 0) is 20.9 Å². The second kappa shape index (κ2) is 11.7. The summed E-state index contributed by atoms with van der Waals surface area (Å²) in [6.45, 7) is 5.72. The zero-order valence-corrected chi connectivity index (χ0v) is 21.8. The molecule has 10 heteroatoms. The molecule has 2 amide bonds. The van der Waals surface area contributed by atoms with Gasteiger partial charge in [0.25, 0.3) is 11.1 Å². The van der Waals surface area contributed by atoms with Crippen molar-refractivity contribution < 1.29 is 33.0 Å². The van der Waals surface area contributed by atoms with Crippen molar-refractivity contribution in [3.05, 3.63) is 61.8 Å². The molecule has 180 valence electrons. The van der Waals surface area contributed by atoms with E-state index in [0.29, 0.717) is 23.7 Å². The summed E-state index contributed by atoms with van der Waals surface area (Å²) in [5.74, 6) is -0.518. The molecule has 0 spiro atoms. The summed E-state index contributed by atoms with van der Waals surface area (Å²) >= 11 is 2.87. The number of rotatable bonds is 9. The number of imide groups is 1. The molecular formula is C24H23FINO6S. The quantitative estimate of drug-likeness (QED) is 0.217. The SMILES string of the molecule is CCOC(=O)[C@H](C)N1C(=O)S/C(=C/c2cc(I)c(OCc3ccc(F)cc3)c(OCC)c2)C1=O. The molecule has 0 aromatic heterocycles. The van der Waals surface area contributed by atoms with Crippen LogP contribution in [0, 0.1) is 9.39 Å². The van der Waals surface area contributed by atoms with Gasteiger partial charge in [0, 0.05) is 0 Å². The summed E-state index contributed by atoms with van der Waals surface area (Å²) in [6, 6.07) is 8.52. The molecule has 0 unspecified atom stereocenters. The maximum absolute atomic E-state index is 13.1. The molecule has 1 aliphatic rings. The third-order valence-corrected chi connectivity index (χ3v) is 6.45. The van der Waals surface area contributed by atoms with Gasteiger partial charge in [-0.25, -0.2) is 9.18 Å². The number of nitrogens with zero attached hydrogens (tertiary/aromatic N) is 1. The van der Waals surface area contributed by atoms with E-state index in [1.54, 1.807) is 37.3 Å². The van der Waals surface area contributed by atoms with E-state index in [0.717, 1.165) is 25.8 Å². The lowest BCUT2D eigenvalue weighted by atomic mass is 10.1. The molecule has 0 saturated carbocycles. The lowest BCUT2D eigenvalue weighted by Gasteiger charge is -2.19. The monoisotopic (exact) mass is 599 g/mol. The molecule has 1 aliphatic heterocycles. The Hall–Kier alpha value is -2.60. The normalized spacial score (nSPS) is 15.6. The van der Waals surface area contributed by atoms with Crippen molar-refractivity contribution in [2.24, 2.45) is 0 Å². The van der Waals surface area contributed by atoms with Crippen molar-refractivity contribution in [1.82, 2.24) is 4.90 Å². The van der Waals surface area contributed by atoms with E-state index in [1.165, 1.54) is 19.1 Å². The zero-order chi connectivity index (χ0) is 24.8. The van der Waals surface area contributed by atoms with Crippen LogP contribution in [0.15, 0.2) is 41.3 Å². The van der Waals surface area contributed by atoms with Crippen molar-refractivity contribution in [3.63, 3.8) is 0 Å². The van der Waals surface area contributed by atoms with Crippen molar-refractivity contribution in [2.45, 2.75) is 33.4 Å². The average molecular weight is 599 g/mol. The predicted octanol–water partition coefficient (Wildman–Crippen LogP) is 5.40. The first-order valence-electron chi connectivity index (χ1n) is 10.5. The minimum absolute atomic E-state index is 0.156. The van der Waals surface area contributed by atoms with Crippen LogP contribution >= 0.6 is 34.4 Å². The average Bonchev–Trinajstić information content (AvgIpc) is 3.07. The van der Waals surface area contributed by atoms with Gasteiger partial charge >= 0.3 is 5.97 Å². The summed E-state index contributed by atoms with van der Waals surface area (Å²) in [7, 11) is 0. The number of amides is 2. The first-order chi connectivity index (χ1) is 16.2. The van der Waals surface area contributed by atoms with Gasteiger partial charge in [0.1, 0.15) is 18.5 Å². The van der Waals surface area contributed by atoms with Crippen LogP contribution in [-0.4, -0.2) is 41.3 Å². The lowest BCUT2D eigenvalue weighted by molar-refractivity contribution is -0.150. The molecule has 3 rings (SSSR count). The predicted molar refractivity (Wildman–Crippen MR) is 135 cm³/mol. The van der Waals surface area contributed by atoms with Crippen molar-refractivity contribution >= 4 is 57.5 Å². The van der Waals surface area contributed by atoms with Gasteiger partial charge in [0.15, 0.2) is 11.5 Å². The molecule has 1 atom stereocenters. The number of carbonyl (C=O) groups excluding carboxylic acids is 3. The number of benzene rings is 2. The minimum atomic E-state index is -1.01. The summed E-state index contributed by atoms with van der Waals surface area (Å²) in [5, 5.41) is -0.532. The number of esters is 1. The maximum Gasteiger partial charge on any atom is 0.329 e. The molecule has 2 aromatic rings. The number of thioether (sulfide) groups is 1. The minimum Gasteiger partial charge on any atom is -0.490 e. The molecule has 1 saturated heterocycles. The van der Waals surface area contributed by atoms with E-state index < -0.39 is 23.2 Å². The Kier molecular flexibility index (Phi) is 8.95. The summed E-state index contributed by atoms with van der Waals surface area (Å²) in [5.41, 5.74) is 1.43. The zero-order valence-electron chi connectivity index (χ0n) is 18.8. The highest BCUT2D eigenvalue weighted by Gasteiger charge is 2.41. The molecule has 34 heavy (non-hydrogen) atoms. The number of halogens is 2. The van der Waals surface area contributed by atoms with Gasteiger partial charge in [0.2, 0.25) is 0 Å². The third-order valence-electron chi connectivity index (χ3n) is 4.76. The lowest BCUT2D eigenvalue weighted by Crippen LogP contribution is -2.42. The van der Waals surface area contributed by atoms with E-state index in [2.05, 4.69) is 22.6 Å². The van der Waals surface area contributed by atoms with Crippen LogP contribution in [0.3, 0.4) is 0 Å².